The second kappa shape index (κ2) is 6.95. The van der Waals surface area contributed by atoms with E-state index in [0.29, 0.717) is 37.8 Å². The number of hydrogen-bond donors (Lipinski definition) is 0. The molecule has 0 aromatic carbocycles. The minimum Gasteiger partial charge on any atom is -0.377 e. The highest BCUT2D eigenvalue weighted by atomic mass is 16.5. The lowest BCUT2D eigenvalue weighted by Crippen LogP contribution is -2.46. The van der Waals surface area contributed by atoms with Gasteiger partial charge in [-0.1, -0.05) is 0 Å². The highest BCUT2D eigenvalue weighted by Gasteiger charge is 2.44. The largest absolute Gasteiger partial charge is 0.377 e. The van der Waals surface area contributed by atoms with Gasteiger partial charge in [-0.25, -0.2) is 0 Å². The highest BCUT2D eigenvalue weighted by Crippen LogP contribution is 2.33. The van der Waals surface area contributed by atoms with Crippen molar-refractivity contribution in [2.75, 3.05) is 53.6 Å². The molecule has 0 saturated carbocycles. The number of nitrogens with zero attached hydrogens (tertiary/aromatic N) is 3. The summed E-state index contributed by atoms with van der Waals surface area (Å²) in [5.74, 6) is 0.490. The summed E-state index contributed by atoms with van der Waals surface area (Å²) in [5, 5.41) is 0. The molecule has 2 aliphatic rings. The smallest absolute Gasteiger partial charge is 0.255 e. The zero-order valence-corrected chi connectivity index (χ0v) is 13.9. The Balaban J connectivity index is 1.70. The van der Waals surface area contributed by atoms with Gasteiger partial charge >= 0.3 is 0 Å². The molecule has 0 bridgehead atoms. The van der Waals surface area contributed by atoms with Gasteiger partial charge in [0.2, 0.25) is 0 Å². The Morgan fingerprint density at radius 2 is 2.39 bits per heavy atom. The Hall–Kier alpha value is -1.50. The van der Waals surface area contributed by atoms with Crippen LogP contribution in [0.2, 0.25) is 0 Å². The third kappa shape index (κ3) is 3.88. The predicted molar refractivity (Wildman–Crippen MR) is 86.3 cm³/mol. The zero-order chi connectivity index (χ0) is 16.3. The fraction of sp³-hybridized carbons (Fsp3) is 0.647. The van der Waals surface area contributed by atoms with E-state index >= 15 is 0 Å². The van der Waals surface area contributed by atoms with Crippen LogP contribution in [-0.2, 0) is 9.47 Å². The van der Waals surface area contributed by atoms with E-state index in [2.05, 4.69) is 24.0 Å². The molecule has 0 radical (unpaired) electrons. The van der Waals surface area contributed by atoms with Crippen molar-refractivity contribution in [2.24, 2.45) is 5.92 Å². The summed E-state index contributed by atoms with van der Waals surface area (Å²) < 4.78 is 11.9. The number of carbonyl (C=O) groups is 1. The van der Waals surface area contributed by atoms with E-state index in [-0.39, 0.29) is 11.5 Å². The lowest BCUT2D eigenvalue weighted by molar-refractivity contribution is -0.0539. The molecular weight excluding hydrogens is 294 g/mol. The SMILES string of the molecule is CN(C)C[C@@H]1CO[C@@]2(COCCN(C(=O)c3cccnc3)C2)C1. The van der Waals surface area contributed by atoms with Crippen molar-refractivity contribution >= 4 is 5.91 Å². The third-order valence-electron chi connectivity index (χ3n) is 4.45. The maximum atomic E-state index is 12.7. The van der Waals surface area contributed by atoms with E-state index in [1.807, 2.05) is 4.90 Å². The third-order valence-corrected chi connectivity index (χ3v) is 4.45. The van der Waals surface area contributed by atoms with Crippen LogP contribution in [0.3, 0.4) is 0 Å². The second-order valence-corrected chi connectivity index (χ2v) is 6.85. The number of pyridine rings is 1. The molecule has 23 heavy (non-hydrogen) atoms. The molecule has 1 amide bonds. The number of hydrogen-bond acceptors (Lipinski definition) is 5. The summed E-state index contributed by atoms with van der Waals surface area (Å²) in [6.45, 7) is 4.03. The molecule has 1 aromatic heterocycles. The van der Waals surface area contributed by atoms with Crippen molar-refractivity contribution in [3.63, 3.8) is 0 Å². The molecule has 126 valence electrons. The van der Waals surface area contributed by atoms with Crippen LogP contribution in [-0.4, -0.2) is 79.8 Å². The second-order valence-electron chi connectivity index (χ2n) is 6.85. The van der Waals surface area contributed by atoms with E-state index in [1.165, 1.54) is 0 Å². The summed E-state index contributed by atoms with van der Waals surface area (Å²) in [6, 6.07) is 3.59. The fourth-order valence-corrected chi connectivity index (χ4v) is 3.53. The van der Waals surface area contributed by atoms with E-state index in [9.17, 15) is 4.79 Å². The summed E-state index contributed by atoms with van der Waals surface area (Å²) >= 11 is 0. The van der Waals surface area contributed by atoms with Crippen LogP contribution in [0.25, 0.3) is 0 Å². The van der Waals surface area contributed by atoms with Crippen molar-refractivity contribution in [1.82, 2.24) is 14.8 Å². The molecule has 0 N–H and O–H groups in total. The minimum absolute atomic E-state index is 0.00244. The van der Waals surface area contributed by atoms with Crippen molar-refractivity contribution < 1.29 is 14.3 Å². The zero-order valence-electron chi connectivity index (χ0n) is 13.9. The van der Waals surface area contributed by atoms with Gasteiger partial charge in [0, 0.05) is 25.5 Å². The van der Waals surface area contributed by atoms with Gasteiger partial charge < -0.3 is 19.3 Å². The number of amides is 1. The average Bonchev–Trinajstić information content (AvgIpc) is 2.79. The van der Waals surface area contributed by atoms with Crippen LogP contribution < -0.4 is 0 Å². The van der Waals surface area contributed by atoms with Gasteiger partial charge in [0.05, 0.1) is 31.9 Å². The van der Waals surface area contributed by atoms with Gasteiger partial charge in [-0.05, 0) is 38.6 Å². The fourth-order valence-electron chi connectivity index (χ4n) is 3.53. The predicted octanol–water partition coefficient (Wildman–Crippen LogP) is 0.891. The van der Waals surface area contributed by atoms with Crippen molar-refractivity contribution in [3.05, 3.63) is 30.1 Å². The molecule has 0 aliphatic carbocycles. The first kappa shape index (κ1) is 16.4. The Labute approximate surface area is 137 Å². The summed E-state index contributed by atoms with van der Waals surface area (Å²) in [6.07, 6.45) is 4.23. The van der Waals surface area contributed by atoms with Crippen LogP contribution in [0.5, 0.6) is 0 Å². The van der Waals surface area contributed by atoms with Crippen LogP contribution in [0.1, 0.15) is 16.8 Å². The van der Waals surface area contributed by atoms with Gasteiger partial charge in [0.1, 0.15) is 5.60 Å². The molecule has 6 nitrogen and oxygen atoms in total. The molecule has 2 atom stereocenters. The lowest BCUT2D eigenvalue weighted by atomic mass is 9.94. The van der Waals surface area contributed by atoms with E-state index < -0.39 is 0 Å². The molecule has 2 aliphatic heterocycles. The molecule has 2 fully saturated rings. The Morgan fingerprint density at radius 3 is 3.13 bits per heavy atom. The quantitative estimate of drug-likeness (QED) is 0.828. The van der Waals surface area contributed by atoms with Gasteiger partial charge in [-0.15, -0.1) is 0 Å². The van der Waals surface area contributed by atoms with E-state index in [0.717, 1.165) is 19.6 Å². The summed E-state index contributed by atoms with van der Waals surface area (Å²) in [7, 11) is 4.15. The number of rotatable bonds is 3. The minimum atomic E-state index is -0.366. The highest BCUT2D eigenvalue weighted by molar-refractivity contribution is 5.93. The first-order valence-electron chi connectivity index (χ1n) is 8.14. The Morgan fingerprint density at radius 1 is 1.52 bits per heavy atom. The van der Waals surface area contributed by atoms with Crippen LogP contribution in [0, 0.1) is 5.92 Å². The number of ether oxygens (including phenoxy) is 2. The first-order valence-corrected chi connectivity index (χ1v) is 8.14. The monoisotopic (exact) mass is 319 g/mol. The first-order chi connectivity index (χ1) is 11.1. The summed E-state index contributed by atoms with van der Waals surface area (Å²) in [5.41, 5.74) is 0.252. The van der Waals surface area contributed by atoms with Gasteiger partial charge in [-0.2, -0.15) is 0 Å². The molecule has 3 rings (SSSR count). The molecule has 1 aromatic rings. The van der Waals surface area contributed by atoms with Crippen LogP contribution >= 0.6 is 0 Å². The van der Waals surface area contributed by atoms with Crippen LogP contribution in [0.4, 0.5) is 0 Å². The van der Waals surface area contributed by atoms with Crippen molar-refractivity contribution in [3.8, 4) is 0 Å². The van der Waals surface area contributed by atoms with Gasteiger partial charge in [-0.3, -0.25) is 9.78 Å². The van der Waals surface area contributed by atoms with Gasteiger partial charge in [0.15, 0.2) is 0 Å². The van der Waals surface area contributed by atoms with Crippen LogP contribution in [0.15, 0.2) is 24.5 Å². The van der Waals surface area contributed by atoms with Gasteiger partial charge in [0.25, 0.3) is 5.91 Å². The molecule has 1 spiro atoms. The average molecular weight is 319 g/mol. The number of carbonyl (C=O) groups excluding carboxylic acids is 1. The standard InChI is InChI=1S/C17H25N3O3/c1-19(2)10-14-8-17(23-11-14)12-20(6-7-22-13-17)16(21)15-4-3-5-18-9-15/h3-5,9,14H,6-8,10-13H2,1-2H3/t14-,17+/m1/s1. The van der Waals surface area contributed by atoms with E-state index in [1.54, 1.807) is 24.5 Å². The number of aromatic nitrogens is 1. The molecule has 2 saturated heterocycles. The molecular formula is C17H25N3O3. The Bertz CT molecular complexity index is 537. The lowest BCUT2D eigenvalue weighted by Gasteiger charge is -2.31. The Kier molecular flexibility index (Phi) is 4.94. The maximum absolute atomic E-state index is 12.7. The summed E-state index contributed by atoms with van der Waals surface area (Å²) in [4.78, 5) is 20.8. The topological polar surface area (TPSA) is 54.9 Å². The van der Waals surface area contributed by atoms with Crippen molar-refractivity contribution in [2.45, 2.75) is 12.0 Å². The van der Waals surface area contributed by atoms with Crippen molar-refractivity contribution in [1.29, 1.82) is 0 Å². The maximum Gasteiger partial charge on any atom is 0.255 e. The molecule has 0 unspecified atom stereocenters. The molecule has 3 heterocycles. The molecule has 6 heteroatoms. The van der Waals surface area contributed by atoms with E-state index in [4.69, 9.17) is 9.47 Å². The normalized spacial score (nSPS) is 28.3.